The van der Waals surface area contributed by atoms with Crippen LogP contribution in [0.4, 0.5) is 0 Å². The maximum atomic E-state index is 8.81. The molecule has 0 radical (unpaired) electrons. The Balaban J connectivity index is 1.95. The highest BCUT2D eigenvalue weighted by atomic mass is 35.5. The topological polar surface area (TPSA) is 55.2 Å². The van der Waals surface area contributed by atoms with Gasteiger partial charge < -0.3 is 9.84 Å². The fraction of sp³-hybridized carbons (Fsp3) is 0.167. The van der Waals surface area contributed by atoms with Crippen molar-refractivity contribution in [2.45, 2.75) is 13.2 Å². The smallest absolute Gasteiger partial charge is 0.233 e. The van der Waals surface area contributed by atoms with Crippen molar-refractivity contribution in [1.82, 2.24) is 10.2 Å². The van der Waals surface area contributed by atoms with Crippen LogP contribution in [0.25, 0.3) is 0 Å². The second-order valence-electron chi connectivity index (χ2n) is 3.44. The minimum atomic E-state index is -0.121. The number of rotatable bonds is 4. The Kier molecular flexibility index (Phi) is 3.90. The lowest BCUT2D eigenvalue weighted by Crippen LogP contribution is -1.99. The van der Waals surface area contributed by atoms with Gasteiger partial charge in [-0.3, -0.25) is 0 Å². The summed E-state index contributed by atoms with van der Waals surface area (Å²) in [4.78, 5) is 0. The van der Waals surface area contributed by atoms with Gasteiger partial charge in [0.1, 0.15) is 6.61 Å². The molecule has 2 aromatic rings. The van der Waals surface area contributed by atoms with Crippen molar-refractivity contribution in [3.8, 4) is 5.88 Å². The Labute approximate surface area is 104 Å². The molecule has 0 unspecified atom stereocenters. The van der Waals surface area contributed by atoms with Crippen LogP contribution in [0.2, 0.25) is 5.02 Å². The first-order chi connectivity index (χ1) is 8.28. The molecule has 1 aromatic heterocycles. The lowest BCUT2D eigenvalue weighted by Gasteiger charge is -2.04. The van der Waals surface area contributed by atoms with Gasteiger partial charge in [-0.05, 0) is 23.8 Å². The van der Waals surface area contributed by atoms with Crippen molar-refractivity contribution >= 4 is 11.6 Å². The normalized spacial score (nSPS) is 10.2. The molecule has 2 rings (SSSR count). The van der Waals surface area contributed by atoms with E-state index in [0.29, 0.717) is 23.2 Å². The molecule has 0 atom stereocenters. The number of hydrogen-bond acceptors (Lipinski definition) is 4. The van der Waals surface area contributed by atoms with Gasteiger partial charge in [-0.15, -0.1) is 10.2 Å². The molecule has 0 bridgehead atoms. The summed E-state index contributed by atoms with van der Waals surface area (Å²) in [6.07, 6.45) is 0. The summed E-state index contributed by atoms with van der Waals surface area (Å²) in [5.41, 5.74) is 1.52. The molecule has 17 heavy (non-hydrogen) atoms. The van der Waals surface area contributed by atoms with E-state index >= 15 is 0 Å². The first-order valence-electron chi connectivity index (χ1n) is 5.08. The number of halogens is 1. The van der Waals surface area contributed by atoms with Crippen molar-refractivity contribution in [3.63, 3.8) is 0 Å². The summed E-state index contributed by atoms with van der Waals surface area (Å²) < 4.78 is 5.43. The highest BCUT2D eigenvalue weighted by Gasteiger charge is 1.99. The summed E-state index contributed by atoms with van der Waals surface area (Å²) in [6, 6.07) is 10.7. The molecule has 5 heteroatoms. The second-order valence-corrected chi connectivity index (χ2v) is 3.87. The third-order valence-corrected chi connectivity index (χ3v) is 2.41. The van der Waals surface area contributed by atoms with E-state index in [-0.39, 0.29) is 6.61 Å². The van der Waals surface area contributed by atoms with Crippen LogP contribution in [-0.4, -0.2) is 15.3 Å². The maximum absolute atomic E-state index is 8.81. The molecule has 0 aliphatic heterocycles. The quantitative estimate of drug-likeness (QED) is 0.904. The summed E-state index contributed by atoms with van der Waals surface area (Å²) in [5, 5.41) is 17.1. The van der Waals surface area contributed by atoms with Crippen LogP contribution >= 0.6 is 11.6 Å². The minimum absolute atomic E-state index is 0.121. The van der Waals surface area contributed by atoms with Crippen molar-refractivity contribution in [1.29, 1.82) is 0 Å². The van der Waals surface area contributed by atoms with Gasteiger partial charge in [0, 0.05) is 11.1 Å². The Hall–Kier alpha value is -1.65. The Bertz CT molecular complexity index is 471. The van der Waals surface area contributed by atoms with Crippen molar-refractivity contribution in [3.05, 3.63) is 52.7 Å². The summed E-state index contributed by atoms with van der Waals surface area (Å²) in [5.74, 6) is 0.428. The SMILES string of the molecule is OCc1ccc(OCc2ccc(Cl)cc2)nn1. The summed E-state index contributed by atoms with van der Waals surface area (Å²) in [6.45, 7) is 0.286. The van der Waals surface area contributed by atoms with E-state index in [4.69, 9.17) is 21.4 Å². The molecule has 0 amide bonds. The van der Waals surface area contributed by atoms with Gasteiger partial charge in [0.15, 0.2) is 0 Å². The average Bonchev–Trinajstić information content (AvgIpc) is 2.39. The first-order valence-corrected chi connectivity index (χ1v) is 5.46. The van der Waals surface area contributed by atoms with Crippen LogP contribution in [-0.2, 0) is 13.2 Å². The van der Waals surface area contributed by atoms with Crippen molar-refractivity contribution in [2.24, 2.45) is 0 Å². The zero-order valence-corrected chi connectivity index (χ0v) is 9.76. The average molecular weight is 251 g/mol. The number of aliphatic hydroxyl groups excluding tert-OH is 1. The zero-order valence-electron chi connectivity index (χ0n) is 9.01. The van der Waals surface area contributed by atoms with Gasteiger partial charge >= 0.3 is 0 Å². The van der Waals surface area contributed by atoms with Gasteiger partial charge in [0.2, 0.25) is 5.88 Å². The van der Waals surface area contributed by atoms with Crippen LogP contribution in [0.1, 0.15) is 11.3 Å². The van der Waals surface area contributed by atoms with Gasteiger partial charge in [-0.1, -0.05) is 23.7 Å². The number of aromatic nitrogens is 2. The largest absolute Gasteiger partial charge is 0.472 e. The molecular weight excluding hydrogens is 240 g/mol. The predicted octanol–water partition coefficient (Wildman–Crippen LogP) is 2.20. The van der Waals surface area contributed by atoms with Crippen LogP contribution < -0.4 is 4.74 Å². The lowest BCUT2D eigenvalue weighted by atomic mass is 10.2. The molecule has 88 valence electrons. The van der Waals surface area contributed by atoms with Crippen LogP contribution in [0.15, 0.2) is 36.4 Å². The molecule has 1 heterocycles. The van der Waals surface area contributed by atoms with E-state index in [0.717, 1.165) is 5.56 Å². The van der Waals surface area contributed by atoms with E-state index in [9.17, 15) is 0 Å². The van der Waals surface area contributed by atoms with Crippen LogP contribution in [0.3, 0.4) is 0 Å². The van der Waals surface area contributed by atoms with E-state index < -0.39 is 0 Å². The molecular formula is C12H11ClN2O2. The Morgan fingerprint density at radius 2 is 1.82 bits per heavy atom. The van der Waals surface area contributed by atoms with Gasteiger partial charge in [-0.2, -0.15) is 0 Å². The molecule has 0 fully saturated rings. The fourth-order valence-electron chi connectivity index (χ4n) is 1.25. The minimum Gasteiger partial charge on any atom is -0.472 e. The van der Waals surface area contributed by atoms with Crippen LogP contribution in [0.5, 0.6) is 5.88 Å². The van der Waals surface area contributed by atoms with E-state index in [1.807, 2.05) is 12.1 Å². The Morgan fingerprint density at radius 3 is 2.41 bits per heavy atom. The number of benzene rings is 1. The summed E-state index contributed by atoms with van der Waals surface area (Å²) in [7, 11) is 0. The van der Waals surface area contributed by atoms with E-state index in [1.165, 1.54) is 0 Å². The van der Waals surface area contributed by atoms with Gasteiger partial charge in [0.25, 0.3) is 0 Å². The highest BCUT2D eigenvalue weighted by molar-refractivity contribution is 6.30. The Morgan fingerprint density at radius 1 is 1.06 bits per heavy atom. The first kappa shape index (κ1) is 11.8. The summed E-state index contributed by atoms with van der Waals surface area (Å²) >= 11 is 5.78. The highest BCUT2D eigenvalue weighted by Crippen LogP contribution is 2.12. The molecule has 4 nitrogen and oxygen atoms in total. The van der Waals surface area contributed by atoms with Crippen molar-refractivity contribution < 1.29 is 9.84 Å². The number of aliphatic hydroxyl groups is 1. The zero-order chi connectivity index (χ0) is 12.1. The molecule has 0 saturated heterocycles. The molecule has 0 spiro atoms. The third kappa shape index (κ3) is 3.41. The number of nitrogens with zero attached hydrogens (tertiary/aromatic N) is 2. The fourth-order valence-corrected chi connectivity index (χ4v) is 1.37. The third-order valence-electron chi connectivity index (χ3n) is 2.16. The van der Waals surface area contributed by atoms with E-state index in [1.54, 1.807) is 24.3 Å². The number of ether oxygens (including phenoxy) is 1. The second kappa shape index (κ2) is 5.61. The predicted molar refractivity (Wildman–Crippen MR) is 63.7 cm³/mol. The lowest BCUT2D eigenvalue weighted by molar-refractivity contribution is 0.269. The molecule has 0 saturated carbocycles. The van der Waals surface area contributed by atoms with Gasteiger partial charge in [-0.25, -0.2) is 0 Å². The molecule has 0 aliphatic rings. The number of hydrogen-bond donors (Lipinski definition) is 1. The van der Waals surface area contributed by atoms with Crippen LogP contribution in [0, 0.1) is 0 Å². The molecule has 1 N–H and O–H groups in total. The van der Waals surface area contributed by atoms with E-state index in [2.05, 4.69) is 10.2 Å². The molecule has 1 aromatic carbocycles. The standard InChI is InChI=1S/C12H11ClN2O2/c13-10-3-1-9(2-4-10)8-17-12-6-5-11(7-16)14-15-12/h1-6,16H,7-8H2. The van der Waals surface area contributed by atoms with Gasteiger partial charge in [0.05, 0.1) is 12.3 Å². The maximum Gasteiger partial charge on any atom is 0.233 e. The monoisotopic (exact) mass is 250 g/mol. The van der Waals surface area contributed by atoms with Crippen molar-refractivity contribution in [2.75, 3.05) is 0 Å². The molecule has 0 aliphatic carbocycles.